The number of hydrogen-bond donors (Lipinski definition) is 0. The van der Waals surface area contributed by atoms with Crippen molar-refractivity contribution in [2.45, 2.75) is 26.7 Å². The lowest BCUT2D eigenvalue weighted by molar-refractivity contribution is 0.0910. The summed E-state index contributed by atoms with van der Waals surface area (Å²) in [5, 5.41) is 0. The summed E-state index contributed by atoms with van der Waals surface area (Å²) in [7, 11) is 0. The number of pyridine rings is 2. The molecule has 0 saturated heterocycles. The maximum Gasteiger partial charge on any atom is 0.165 e. The van der Waals surface area contributed by atoms with E-state index in [-0.39, 0.29) is 11.2 Å². The van der Waals surface area contributed by atoms with Crippen LogP contribution in [0.25, 0.3) is 5.65 Å². The van der Waals surface area contributed by atoms with E-state index in [0.717, 1.165) is 34.6 Å². The maximum atomic E-state index is 12.4. The van der Waals surface area contributed by atoms with Crippen LogP contribution in [0.1, 0.15) is 47.6 Å². The number of nitrogens with zero attached hydrogens (tertiary/aromatic N) is 3. The van der Waals surface area contributed by atoms with Gasteiger partial charge in [-0.15, -0.1) is 0 Å². The minimum atomic E-state index is -0.0126. The smallest absolute Gasteiger partial charge is 0.165 e. The third-order valence-electron chi connectivity index (χ3n) is 4.32. The number of carbonyl (C=O) groups is 1. The van der Waals surface area contributed by atoms with E-state index in [0.29, 0.717) is 6.42 Å². The van der Waals surface area contributed by atoms with Crippen LogP contribution < -0.4 is 0 Å². The molecule has 3 aromatic rings. The van der Waals surface area contributed by atoms with Crippen molar-refractivity contribution in [2.24, 2.45) is 5.41 Å². The Labute approximate surface area is 140 Å². The summed E-state index contributed by atoms with van der Waals surface area (Å²) in [5.74, 6) is 6.43. The molecule has 0 fully saturated rings. The second-order valence-corrected chi connectivity index (χ2v) is 6.98. The molecule has 24 heavy (non-hydrogen) atoms. The molecule has 3 heterocycles. The fourth-order valence-corrected chi connectivity index (χ4v) is 3.18. The van der Waals surface area contributed by atoms with Gasteiger partial charge in [0.15, 0.2) is 5.78 Å². The second kappa shape index (κ2) is 5.31. The van der Waals surface area contributed by atoms with E-state index < -0.39 is 0 Å². The molecule has 0 N–H and O–H groups in total. The molecule has 118 valence electrons. The first-order valence-electron chi connectivity index (χ1n) is 7.98. The molecule has 0 aromatic carbocycles. The first-order valence-corrected chi connectivity index (χ1v) is 7.98. The number of aromatic nitrogens is 3. The second-order valence-electron chi connectivity index (χ2n) is 6.98. The van der Waals surface area contributed by atoms with Gasteiger partial charge in [0.2, 0.25) is 0 Å². The largest absolute Gasteiger partial charge is 0.294 e. The number of Topliss-reactive ketones (excluding diaryl/α,β-unsaturated/α-hetero) is 1. The molecule has 0 atom stereocenters. The topological polar surface area (TPSA) is 47.3 Å². The summed E-state index contributed by atoms with van der Waals surface area (Å²) in [6.45, 7) is 4.21. The molecule has 1 aliphatic rings. The lowest BCUT2D eigenvalue weighted by Crippen LogP contribution is -2.27. The van der Waals surface area contributed by atoms with Crippen LogP contribution in [0.3, 0.4) is 0 Å². The van der Waals surface area contributed by atoms with Crippen molar-refractivity contribution in [3.8, 4) is 11.8 Å². The van der Waals surface area contributed by atoms with Crippen LogP contribution in [0.5, 0.6) is 0 Å². The van der Waals surface area contributed by atoms with E-state index >= 15 is 0 Å². The Kier molecular flexibility index (Phi) is 3.24. The van der Waals surface area contributed by atoms with E-state index in [1.165, 1.54) is 0 Å². The highest BCUT2D eigenvalue weighted by molar-refractivity contribution is 5.98. The van der Waals surface area contributed by atoms with Crippen molar-refractivity contribution in [3.05, 3.63) is 65.4 Å². The van der Waals surface area contributed by atoms with Crippen LogP contribution in [0, 0.1) is 17.3 Å². The number of fused-ring (bicyclic) bond motifs is 2. The summed E-state index contributed by atoms with van der Waals surface area (Å²) in [6, 6.07) is 7.69. The van der Waals surface area contributed by atoms with E-state index in [1.807, 2.05) is 34.9 Å². The highest BCUT2D eigenvalue weighted by Crippen LogP contribution is 2.33. The van der Waals surface area contributed by atoms with E-state index in [1.54, 1.807) is 12.4 Å². The lowest BCUT2D eigenvalue weighted by Gasteiger charge is -2.29. The van der Waals surface area contributed by atoms with Crippen LogP contribution in [0.2, 0.25) is 0 Å². The molecule has 0 bridgehead atoms. The fraction of sp³-hybridized carbons (Fsp3) is 0.250. The van der Waals surface area contributed by atoms with Crippen LogP contribution in [-0.4, -0.2) is 20.2 Å². The number of imidazole rings is 1. The molecule has 4 heteroatoms. The van der Waals surface area contributed by atoms with Gasteiger partial charge in [-0.05, 0) is 36.0 Å². The van der Waals surface area contributed by atoms with Crippen LogP contribution in [-0.2, 0) is 6.42 Å². The Morgan fingerprint density at radius 1 is 1.17 bits per heavy atom. The third-order valence-corrected chi connectivity index (χ3v) is 4.32. The Bertz CT molecular complexity index is 1020. The Balaban J connectivity index is 1.72. The van der Waals surface area contributed by atoms with Crippen LogP contribution in [0.4, 0.5) is 0 Å². The Morgan fingerprint density at radius 3 is 2.92 bits per heavy atom. The summed E-state index contributed by atoms with van der Waals surface area (Å²) < 4.78 is 1.94. The molecule has 0 saturated carbocycles. The molecule has 0 aliphatic heterocycles. The van der Waals surface area contributed by atoms with Crippen molar-refractivity contribution < 1.29 is 4.79 Å². The van der Waals surface area contributed by atoms with Gasteiger partial charge in [-0.1, -0.05) is 25.8 Å². The highest BCUT2D eigenvalue weighted by Gasteiger charge is 2.31. The number of rotatable bonds is 0. The van der Waals surface area contributed by atoms with Crippen molar-refractivity contribution in [2.75, 3.05) is 0 Å². The van der Waals surface area contributed by atoms with E-state index in [4.69, 9.17) is 0 Å². The van der Waals surface area contributed by atoms with Crippen molar-refractivity contribution in [1.29, 1.82) is 0 Å². The lowest BCUT2D eigenvalue weighted by atomic mass is 9.75. The van der Waals surface area contributed by atoms with Gasteiger partial charge < -0.3 is 0 Å². The summed E-state index contributed by atoms with van der Waals surface area (Å²) in [6.07, 6.45) is 6.79. The minimum absolute atomic E-state index is 0.0126. The minimum Gasteiger partial charge on any atom is -0.294 e. The van der Waals surface area contributed by atoms with Gasteiger partial charge in [-0.2, -0.15) is 0 Å². The van der Waals surface area contributed by atoms with Gasteiger partial charge >= 0.3 is 0 Å². The van der Waals surface area contributed by atoms with Gasteiger partial charge in [0.25, 0.3) is 0 Å². The molecular weight excluding hydrogens is 298 g/mol. The SMILES string of the molecule is CC1(C)CC(=O)c2cc(C#Cc3cccc4nccn34)cnc2C1. The quantitative estimate of drug-likeness (QED) is 0.598. The van der Waals surface area contributed by atoms with E-state index in [9.17, 15) is 4.79 Å². The monoisotopic (exact) mass is 315 g/mol. The molecule has 4 nitrogen and oxygen atoms in total. The highest BCUT2D eigenvalue weighted by atomic mass is 16.1. The van der Waals surface area contributed by atoms with Crippen molar-refractivity contribution in [1.82, 2.24) is 14.4 Å². The standard InChI is InChI=1S/C20H17N3O/c1-20(2)11-17-16(18(24)12-20)10-14(13-22-17)6-7-15-4-3-5-19-21-8-9-23(15)19/h3-5,8-10,13H,11-12H2,1-2H3. The van der Waals surface area contributed by atoms with Gasteiger partial charge in [-0.25, -0.2) is 4.98 Å². The predicted octanol–water partition coefficient (Wildman–Crippen LogP) is 3.28. The zero-order valence-corrected chi connectivity index (χ0v) is 13.7. The van der Waals surface area contributed by atoms with Gasteiger partial charge in [-0.3, -0.25) is 14.2 Å². The summed E-state index contributed by atoms with van der Waals surface area (Å²) in [5.41, 5.74) is 4.08. The fourth-order valence-electron chi connectivity index (χ4n) is 3.18. The number of hydrogen-bond acceptors (Lipinski definition) is 3. The Morgan fingerprint density at radius 2 is 2.04 bits per heavy atom. The van der Waals surface area contributed by atoms with Crippen molar-refractivity contribution in [3.63, 3.8) is 0 Å². The molecule has 0 amide bonds. The van der Waals surface area contributed by atoms with Gasteiger partial charge in [0, 0.05) is 36.1 Å². The van der Waals surface area contributed by atoms with Crippen LogP contribution in [0.15, 0.2) is 42.9 Å². The van der Waals surface area contributed by atoms with Gasteiger partial charge in [0.05, 0.1) is 11.4 Å². The molecule has 4 rings (SSSR count). The van der Waals surface area contributed by atoms with Crippen molar-refractivity contribution >= 4 is 11.4 Å². The molecule has 0 spiro atoms. The zero-order chi connectivity index (χ0) is 16.7. The molecule has 0 radical (unpaired) electrons. The first kappa shape index (κ1) is 14.6. The third kappa shape index (κ3) is 2.59. The Hall–Kier alpha value is -2.93. The summed E-state index contributed by atoms with van der Waals surface area (Å²) in [4.78, 5) is 21.1. The molecular formula is C20H17N3O. The first-order chi connectivity index (χ1) is 11.5. The number of carbonyl (C=O) groups excluding carboxylic acids is 1. The van der Waals surface area contributed by atoms with E-state index in [2.05, 4.69) is 35.7 Å². The average molecular weight is 315 g/mol. The molecule has 1 aliphatic carbocycles. The predicted molar refractivity (Wildman–Crippen MR) is 91.8 cm³/mol. The van der Waals surface area contributed by atoms with Crippen LogP contribution >= 0.6 is 0 Å². The normalized spacial score (nSPS) is 15.7. The molecule has 3 aromatic heterocycles. The maximum absolute atomic E-state index is 12.4. The number of ketones is 1. The molecule has 0 unspecified atom stereocenters. The summed E-state index contributed by atoms with van der Waals surface area (Å²) >= 11 is 0. The average Bonchev–Trinajstić information content (AvgIpc) is 3.01. The zero-order valence-electron chi connectivity index (χ0n) is 13.7. The van der Waals surface area contributed by atoms with Gasteiger partial charge in [0.1, 0.15) is 5.65 Å².